The predicted octanol–water partition coefficient (Wildman–Crippen LogP) is 5.59. The van der Waals surface area contributed by atoms with Crippen LogP contribution in [-0.2, 0) is 52.7 Å². The van der Waals surface area contributed by atoms with Gasteiger partial charge in [0.05, 0.1) is 19.0 Å². The number of halogens is 5. The van der Waals surface area contributed by atoms with Gasteiger partial charge in [0, 0.05) is 71.5 Å². The van der Waals surface area contributed by atoms with Gasteiger partial charge in [0.25, 0.3) is 0 Å². The summed E-state index contributed by atoms with van der Waals surface area (Å²) in [6.45, 7) is 11.8. The van der Waals surface area contributed by atoms with Gasteiger partial charge in [0.1, 0.15) is 47.8 Å². The molecule has 3 aliphatic carbocycles. The Balaban J connectivity index is 1.35. The Hall–Kier alpha value is -5.46. The van der Waals surface area contributed by atoms with E-state index in [0.717, 1.165) is 4.90 Å². The zero-order valence-corrected chi connectivity index (χ0v) is 57.7. The summed E-state index contributed by atoms with van der Waals surface area (Å²) in [5.41, 5.74) is -1.48. The molecule has 3 aliphatic heterocycles. The third-order valence-electron chi connectivity index (χ3n) is 20.6. The third kappa shape index (κ3) is 18.7. The van der Waals surface area contributed by atoms with Crippen LogP contribution < -0.4 is 21.3 Å². The van der Waals surface area contributed by atoms with Crippen molar-refractivity contribution in [3.63, 3.8) is 0 Å². The Morgan fingerprint density at radius 2 is 1.24 bits per heavy atom. The van der Waals surface area contributed by atoms with Crippen molar-refractivity contribution in [1.82, 2.24) is 55.6 Å². The normalized spacial score (nSPS) is 32.1. The molecule has 0 aromatic rings. The lowest BCUT2D eigenvalue weighted by molar-refractivity contribution is -0.182. The molecule has 3 saturated heterocycles. The zero-order chi connectivity index (χ0) is 68.4. The van der Waals surface area contributed by atoms with Gasteiger partial charge in [-0.1, -0.05) is 60.8 Å². The first-order valence-electron chi connectivity index (χ1n) is 33.6. The standard InChI is InChI=1S/C65H104Cl2F3N11O11/c1-13-39(6)54-62(91)76(9)36-53(84)80-30-26-48(80)61(90)78(11)50(34-42-18-22-43(66)23-19-42)60(89)75(8)35-51(82)72-46(25-21-41-20-24-44(45(67)33-41)65(68,69)70)59(88)81-29-16-17-47(81)57(86)74-64(27-14-15-28-64)63(92)79(12)55(38(4)5)58(87)71-40(7)32-52(83)77(10)49(31-37(2)3)56(85)73-54/h37-50,54-55H,13-36H2,1-12H3,(H,71,87)(H,72,82)(H,73,85)(H,74,86)/t39-,40+,41?,42?,43?,44?,45?,46-,47-,48-,49-,50-,54-,55-/m0/s1. The van der Waals surface area contributed by atoms with Crippen molar-refractivity contribution >= 4 is 88.2 Å². The Morgan fingerprint density at radius 1 is 0.609 bits per heavy atom. The number of amides is 11. The van der Waals surface area contributed by atoms with E-state index in [1.165, 1.54) is 64.6 Å². The van der Waals surface area contributed by atoms with Gasteiger partial charge in [-0.05, 0) is 139 Å². The van der Waals surface area contributed by atoms with Crippen molar-refractivity contribution in [3.05, 3.63) is 0 Å². The van der Waals surface area contributed by atoms with Crippen LogP contribution in [0.25, 0.3) is 0 Å². The summed E-state index contributed by atoms with van der Waals surface area (Å²) >= 11 is 12.9. The lowest BCUT2D eigenvalue weighted by Crippen LogP contribution is -2.64. The number of fused-ring (bicyclic) bond motifs is 2. The summed E-state index contributed by atoms with van der Waals surface area (Å²) in [6.07, 6.45) is 1.26. The van der Waals surface area contributed by atoms with Gasteiger partial charge < -0.3 is 55.6 Å². The molecule has 6 fully saturated rings. The predicted molar refractivity (Wildman–Crippen MR) is 341 cm³/mol. The quantitative estimate of drug-likeness (QED) is 0.196. The molecule has 4 N–H and O–H groups in total. The number of nitrogens with zero attached hydrogens (tertiary/aromatic N) is 7. The summed E-state index contributed by atoms with van der Waals surface area (Å²) in [6, 6.07) is -8.64. The van der Waals surface area contributed by atoms with Crippen LogP contribution in [0.4, 0.5) is 13.2 Å². The minimum absolute atomic E-state index is 0.00900. The average Bonchev–Trinajstić information content (AvgIpc) is 1.46. The van der Waals surface area contributed by atoms with Crippen LogP contribution in [0.3, 0.4) is 0 Å². The number of rotatable bonds is 10. The van der Waals surface area contributed by atoms with Crippen LogP contribution in [-0.4, -0.2) is 231 Å². The highest BCUT2D eigenvalue weighted by atomic mass is 35.5. The smallest absolute Gasteiger partial charge is 0.351 e. The number of alkyl halides is 5. The Kier molecular flexibility index (Phi) is 26.9. The van der Waals surface area contributed by atoms with Crippen molar-refractivity contribution < 1.29 is 65.9 Å². The molecular formula is C65H104Cl2F3N11O11. The van der Waals surface area contributed by atoms with E-state index in [0.29, 0.717) is 51.4 Å². The minimum atomic E-state index is -4.50. The van der Waals surface area contributed by atoms with Gasteiger partial charge in [-0.15, -0.1) is 23.2 Å². The average molecular weight is 1340 g/mol. The number of carbonyl (C=O) groups is 11. The van der Waals surface area contributed by atoms with Crippen LogP contribution in [0.2, 0.25) is 0 Å². The van der Waals surface area contributed by atoms with Crippen LogP contribution >= 0.6 is 23.2 Å². The zero-order valence-electron chi connectivity index (χ0n) is 56.2. The lowest BCUT2D eigenvalue weighted by atomic mass is 9.78. The van der Waals surface area contributed by atoms with Crippen LogP contribution in [0, 0.1) is 35.5 Å². The number of nitrogens with one attached hydrogen (secondary N) is 4. The van der Waals surface area contributed by atoms with E-state index in [1.807, 2.05) is 20.8 Å². The Labute approximate surface area is 551 Å². The van der Waals surface area contributed by atoms with Crippen molar-refractivity contribution in [2.75, 3.05) is 61.4 Å². The third-order valence-corrected chi connectivity index (χ3v) is 21.5. The first-order chi connectivity index (χ1) is 43.1. The number of hydrogen-bond acceptors (Lipinski definition) is 11. The molecule has 1 spiro atoms. The number of carbonyl (C=O) groups excluding carboxylic acids is 11. The monoisotopic (exact) mass is 1340 g/mol. The fourth-order valence-electron chi connectivity index (χ4n) is 14.7. The summed E-state index contributed by atoms with van der Waals surface area (Å²) in [7, 11) is 7.27. The van der Waals surface area contributed by atoms with E-state index < -0.39 is 161 Å². The highest BCUT2D eigenvalue weighted by Gasteiger charge is 2.51. The fraction of sp³-hybridized carbons (Fsp3) is 0.831. The molecule has 0 aromatic carbocycles. The van der Waals surface area contributed by atoms with E-state index in [4.69, 9.17) is 23.2 Å². The van der Waals surface area contributed by atoms with Crippen LogP contribution in [0.1, 0.15) is 177 Å². The van der Waals surface area contributed by atoms with Gasteiger partial charge in [-0.3, -0.25) is 52.7 Å². The molecule has 3 unspecified atom stereocenters. The second-order valence-corrected chi connectivity index (χ2v) is 29.5. The second kappa shape index (κ2) is 32.8. The SMILES string of the molecule is CC[C@H](C)[C@@H]1NC(=O)[C@H](CC(C)C)N(C)C(=O)C[C@@H](C)NC(=O)[C@H](C(C)C)N(C)C(=O)C2(CCCC2)NC(=O)[C@@H]2CCCN2C(=O)[C@H](CCC2CCC(C(F)(F)F)C(Cl)C2)NC(=O)CN(C)C(=O)[C@H](CC2CCC(Cl)CC2)N(C)C(=O)[C@@H]2CCN2C(=O)CN(C)C1=O. The van der Waals surface area contributed by atoms with E-state index in [1.54, 1.807) is 27.7 Å². The van der Waals surface area contributed by atoms with Gasteiger partial charge in [-0.25, -0.2) is 0 Å². The van der Waals surface area contributed by atoms with Crippen molar-refractivity contribution in [2.24, 2.45) is 35.5 Å². The molecule has 27 heteroatoms. The topological polar surface area (TPSA) is 259 Å². The summed E-state index contributed by atoms with van der Waals surface area (Å²) in [4.78, 5) is 170. The van der Waals surface area contributed by atoms with E-state index in [2.05, 4.69) is 21.3 Å². The van der Waals surface area contributed by atoms with Crippen LogP contribution in [0.5, 0.6) is 0 Å². The van der Waals surface area contributed by atoms with E-state index in [-0.39, 0.29) is 113 Å². The molecule has 0 radical (unpaired) electrons. The van der Waals surface area contributed by atoms with E-state index >= 15 is 9.59 Å². The Morgan fingerprint density at radius 3 is 1.82 bits per heavy atom. The van der Waals surface area contributed by atoms with E-state index in [9.17, 15) is 56.3 Å². The molecule has 3 heterocycles. The molecule has 92 heavy (non-hydrogen) atoms. The van der Waals surface area contributed by atoms with Crippen LogP contribution in [0.15, 0.2) is 0 Å². The maximum Gasteiger partial charge on any atom is 0.393 e. The highest BCUT2D eigenvalue weighted by molar-refractivity contribution is 6.21. The van der Waals surface area contributed by atoms with Gasteiger partial charge in [0.2, 0.25) is 65.0 Å². The summed E-state index contributed by atoms with van der Waals surface area (Å²) in [5, 5.41) is 10.4. The molecule has 12 atom stereocenters. The first-order valence-corrected chi connectivity index (χ1v) is 34.4. The number of likely N-dealkylation sites (N-methyl/N-ethyl adjacent to an activating group) is 5. The highest BCUT2D eigenvalue weighted by Crippen LogP contribution is 2.44. The summed E-state index contributed by atoms with van der Waals surface area (Å²) in [5.74, 6) is -9.58. The fourth-order valence-corrected chi connectivity index (χ4v) is 15.4. The molecule has 0 bridgehead atoms. The lowest BCUT2D eigenvalue weighted by Gasteiger charge is -2.44. The molecule has 0 aromatic heterocycles. The van der Waals surface area contributed by atoms with Crippen molar-refractivity contribution in [1.29, 1.82) is 0 Å². The summed E-state index contributed by atoms with van der Waals surface area (Å²) < 4.78 is 41.8. The maximum absolute atomic E-state index is 15.1. The molecular weight excluding hydrogens is 1240 g/mol. The largest absolute Gasteiger partial charge is 0.393 e. The molecule has 11 amide bonds. The molecule has 3 saturated carbocycles. The molecule has 22 nitrogen and oxygen atoms in total. The van der Waals surface area contributed by atoms with Crippen molar-refractivity contribution in [3.8, 4) is 0 Å². The maximum atomic E-state index is 15.1. The van der Waals surface area contributed by atoms with Gasteiger partial charge >= 0.3 is 6.18 Å². The number of hydrogen-bond donors (Lipinski definition) is 4. The Bertz CT molecular complexity index is 2660. The molecule has 6 rings (SSSR count). The first kappa shape index (κ1) is 75.6. The van der Waals surface area contributed by atoms with Gasteiger partial charge in [-0.2, -0.15) is 13.2 Å². The molecule has 520 valence electrons. The second-order valence-electron chi connectivity index (χ2n) is 28.3. The minimum Gasteiger partial charge on any atom is -0.351 e. The van der Waals surface area contributed by atoms with Crippen molar-refractivity contribution in [2.45, 2.75) is 248 Å². The van der Waals surface area contributed by atoms with Gasteiger partial charge in [0.15, 0.2) is 0 Å². The molecule has 6 aliphatic rings.